The van der Waals surface area contributed by atoms with E-state index in [9.17, 15) is 0 Å². The summed E-state index contributed by atoms with van der Waals surface area (Å²) in [5.74, 6) is 0. The van der Waals surface area contributed by atoms with E-state index in [2.05, 4.69) is 19.2 Å². The lowest BCUT2D eigenvalue weighted by Crippen LogP contribution is -2.27. The maximum absolute atomic E-state index is 6.19. The molecule has 0 aliphatic heterocycles. The summed E-state index contributed by atoms with van der Waals surface area (Å²) >= 11 is 24.3. The summed E-state index contributed by atoms with van der Waals surface area (Å²) in [4.78, 5) is 0. The molecule has 0 radical (unpaired) electrons. The van der Waals surface area contributed by atoms with Crippen molar-refractivity contribution in [3.63, 3.8) is 0 Å². The molecule has 0 spiro atoms. The highest BCUT2D eigenvalue weighted by Gasteiger charge is 2.20. The van der Waals surface area contributed by atoms with E-state index in [0.29, 0.717) is 20.1 Å². The third-order valence-corrected chi connectivity index (χ3v) is 4.55. The minimum absolute atomic E-state index is 0.174. The van der Waals surface area contributed by atoms with Gasteiger partial charge in [-0.1, -0.05) is 60.3 Å². The van der Waals surface area contributed by atoms with E-state index in [4.69, 9.17) is 46.4 Å². The van der Waals surface area contributed by atoms with Crippen LogP contribution in [0.5, 0.6) is 0 Å². The van der Waals surface area contributed by atoms with E-state index in [-0.39, 0.29) is 5.41 Å². The molecule has 1 N–H and O–H groups in total. The second-order valence-electron chi connectivity index (χ2n) is 5.14. The standard InChI is InChI=1S/C13H17Cl4N/c1-13(2,7-18-3)5-4-8-9(14)6-10(15)12(17)11(8)16/h6,18H,4-5,7H2,1-3H3. The predicted octanol–water partition coefficient (Wildman–Crippen LogP) is 5.48. The number of nitrogens with one attached hydrogen (secondary N) is 1. The molecule has 5 heteroatoms. The zero-order valence-electron chi connectivity index (χ0n) is 10.7. The maximum Gasteiger partial charge on any atom is 0.0782 e. The van der Waals surface area contributed by atoms with E-state index in [1.807, 2.05) is 7.05 Å². The van der Waals surface area contributed by atoms with Crippen LogP contribution < -0.4 is 5.32 Å². The minimum Gasteiger partial charge on any atom is -0.319 e. The quantitative estimate of drug-likeness (QED) is 0.557. The van der Waals surface area contributed by atoms with Crippen molar-refractivity contribution in [2.45, 2.75) is 26.7 Å². The van der Waals surface area contributed by atoms with Crippen LogP contribution in [0.15, 0.2) is 6.07 Å². The summed E-state index contributed by atoms with van der Waals surface area (Å²) in [6, 6.07) is 1.65. The monoisotopic (exact) mass is 327 g/mol. The molecule has 0 aliphatic rings. The lowest BCUT2D eigenvalue weighted by molar-refractivity contribution is 0.324. The van der Waals surface area contributed by atoms with Gasteiger partial charge in [0.2, 0.25) is 0 Å². The first-order valence-electron chi connectivity index (χ1n) is 5.75. The average Bonchev–Trinajstić information content (AvgIpc) is 2.25. The van der Waals surface area contributed by atoms with Crippen LogP contribution in [0, 0.1) is 5.41 Å². The second kappa shape index (κ2) is 6.67. The Labute approximate surface area is 129 Å². The van der Waals surface area contributed by atoms with Crippen LogP contribution in [0.1, 0.15) is 25.8 Å². The second-order valence-corrected chi connectivity index (χ2v) is 6.71. The number of rotatable bonds is 5. The van der Waals surface area contributed by atoms with Crippen molar-refractivity contribution in [1.29, 1.82) is 0 Å². The normalized spacial score (nSPS) is 11.9. The van der Waals surface area contributed by atoms with Gasteiger partial charge in [-0.25, -0.2) is 0 Å². The highest BCUT2D eigenvalue weighted by Crippen LogP contribution is 2.39. The van der Waals surface area contributed by atoms with Crippen LogP contribution in [0.3, 0.4) is 0 Å². The van der Waals surface area contributed by atoms with E-state index in [1.165, 1.54) is 0 Å². The third kappa shape index (κ3) is 4.18. The molecular formula is C13H17Cl4N. The Morgan fingerprint density at radius 3 is 2.22 bits per heavy atom. The molecule has 0 aliphatic carbocycles. The Balaban J connectivity index is 2.89. The van der Waals surface area contributed by atoms with Crippen molar-refractivity contribution >= 4 is 46.4 Å². The predicted molar refractivity (Wildman–Crippen MR) is 82.5 cm³/mol. The maximum atomic E-state index is 6.19. The molecule has 0 bridgehead atoms. The van der Waals surface area contributed by atoms with Crippen molar-refractivity contribution in [3.8, 4) is 0 Å². The molecule has 1 nitrogen and oxygen atoms in total. The van der Waals surface area contributed by atoms with Gasteiger partial charge in [0.05, 0.1) is 15.1 Å². The summed E-state index contributed by atoms with van der Waals surface area (Å²) in [7, 11) is 1.95. The lowest BCUT2D eigenvalue weighted by Gasteiger charge is -2.24. The SMILES string of the molecule is CNCC(C)(C)CCc1c(Cl)cc(Cl)c(Cl)c1Cl. The van der Waals surface area contributed by atoms with Gasteiger partial charge in [0.1, 0.15) is 0 Å². The summed E-state index contributed by atoms with van der Waals surface area (Å²) in [6.45, 7) is 5.33. The van der Waals surface area contributed by atoms with Gasteiger partial charge in [0.25, 0.3) is 0 Å². The Bertz CT molecular complexity index is 429. The molecule has 0 unspecified atom stereocenters. The Hall–Kier alpha value is 0.340. The van der Waals surface area contributed by atoms with Crippen LogP contribution in [0.2, 0.25) is 20.1 Å². The molecule has 0 saturated heterocycles. The van der Waals surface area contributed by atoms with Crippen molar-refractivity contribution in [3.05, 3.63) is 31.7 Å². The van der Waals surface area contributed by atoms with Crippen LogP contribution in [-0.2, 0) is 6.42 Å². The molecule has 0 atom stereocenters. The van der Waals surface area contributed by atoms with Crippen molar-refractivity contribution in [2.75, 3.05) is 13.6 Å². The molecule has 1 aromatic carbocycles. The smallest absolute Gasteiger partial charge is 0.0782 e. The largest absolute Gasteiger partial charge is 0.319 e. The van der Waals surface area contributed by atoms with Gasteiger partial charge in [-0.3, -0.25) is 0 Å². The Morgan fingerprint density at radius 2 is 1.67 bits per heavy atom. The van der Waals surface area contributed by atoms with Crippen LogP contribution in [-0.4, -0.2) is 13.6 Å². The zero-order chi connectivity index (χ0) is 13.9. The number of benzene rings is 1. The number of halogens is 4. The van der Waals surface area contributed by atoms with Gasteiger partial charge < -0.3 is 5.32 Å². The van der Waals surface area contributed by atoms with Gasteiger partial charge in [0, 0.05) is 5.02 Å². The first-order valence-corrected chi connectivity index (χ1v) is 7.26. The first kappa shape index (κ1) is 16.4. The number of hydrogen-bond donors (Lipinski definition) is 1. The van der Waals surface area contributed by atoms with Gasteiger partial charge in [-0.2, -0.15) is 0 Å². The van der Waals surface area contributed by atoms with Crippen molar-refractivity contribution in [1.82, 2.24) is 5.32 Å². The zero-order valence-corrected chi connectivity index (χ0v) is 13.7. The van der Waals surface area contributed by atoms with E-state index >= 15 is 0 Å². The summed E-state index contributed by atoms with van der Waals surface area (Å²) in [5.41, 5.74) is 1.05. The molecule has 0 aromatic heterocycles. The lowest BCUT2D eigenvalue weighted by atomic mass is 9.86. The summed E-state index contributed by atoms with van der Waals surface area (Å²) in [6.07, 6.45) is 1.74. The fourth-order valence-electron chi connectivity index (χ4n) is 1.86. The summed E-state index contributed by atoms with van der Waals surface area (Å²) in [5, 5.41) is 5.00. The van der Waals surface area contributed by atoms with Crippen molar-refractivity contribution in [2.24, 2.45) is 5.41 Å². The molecular weight excluding hydrogens is 312 g/mol. The van der Waals surface area contributed by atoms with E-state index in [0.717, 1.165) is 24.9 Å². The van der Waals surface area contributed by atoms with Gasteiger partial charge in [-0.05, 0) is 43.5 Å². The highest BCUT2D eigenvalue weighted by molar-refractivity contribution is 6.49. The van der Waals surface area contributed by atoms with Crippen LogP contribution >= 0.6 is 46.4 Å². The molecule has 102 valence electrons. The minimum atomic E-state index is 0.174. The van der Waals surface area contributed by atoms with Gasteiger partial charge in [0.15, 0.2) is 0 Å². The van der Waals surface area contributed by atoms with E-state index < -0.39 is 0 Å². The fraction of sp³-hybridized carbons (Fsp3) is 0.538. The van der Waals surface area contributed by atoms with Gasteiger partial charge >= 0.3 is 0 Å². The average molecular weight is 329 g/mol. The van der Waals surface area contributed by atoms with Gasteiger partial charge in [-0.15, -0.1) is 0 Å². The topological polar surface area (TPSA) is 12.0 Å². The fourth-order valence-corrected chi connectivity index (χ4v) is 2.98. The van der Waals surface area contributed by atoms with Crippen molar-refractivity contribution < 1.29 is 0 Å². The highest BCUT2D eigenvalue weighted by atomic mass is 35.5. The molecule has 18 heavy (non-hydrogen) atoms. The molecule has 1 aromatic rings. The first-order chi connectivity index (χ1) is 8.28. The third-order valence-electron chi connectivity index (χ3n) is 2.92. The van der Waals surface area contributed by atoms with Crippen LogP contribution in [0.4, 0.5) is 0 Å². The molecule has 0 amide bonds. The molecule has 0 heterocycles. The molecule has 0 fully saturated rings. The Morgan fingerprint density at radius 1 is 1.06 bits per heavy atom. The molecule has 0 saturated carbocycles. The summed E-state index contributed by atoms with van der Waals surface area (Å²) < 4.78 is 0. The van der Waals surface area contributed by atoms with E-state index in [1.54, 1.807) is 6.07 Å². The number of hydrogen-bond acceptors (Lipinski definition) is 1. The molecule has 1 rings (SSSR count). The van der Waals surface area contributed by atoms with Crippen LogP contribution in [0.25, 0.3) is 0 Å². The Kier molecular flexibility index (Phi) is 6.08.